The molecule has 7 heteroatoms. The van der Waals surface area contributed by atoms with E-state index in [0.717, 1.165) is 32.7 Å². The first-order valence-corrected chi connectivity index (χ1v) is 11.4. The van der Waals surface area contributed by atoms with Gasteiger partial charge in [0.25, 0.3) is 5.91 Å². The lowest BCUT2D eigenvalue weighted by Crippen LogP contribution is -2.52. The standard InChI is InChI=1S/C26H29N3O4/c1-2-33-26(32)21-10-12-22(13-11-21)29-24(30)19-23(25(29)31)28-17-15-27(16-18-28)14-6-9-20-7-4-3-5-8-20/h3-13,23H,2,14-19H2,1H3/b9-6+/t23-/m0/s1. The number of imide groups is 1. The number of hydrogen-bond donors (Lipinski definition) is 0. The molecule has 0 bridgehead atoms. The molecule has 2 saturated heterocycles. The Morgan fingerprint density at radius 2 is 1.70 bits per heavy atom. The van der Waals surface area contributed by atoms with Crippen LogP contribution in [0.2, 0.25) is 0 Å². The summed E-state index contributed by atoms with van der Waals surface area (Å²) in [7, 11) is 0. The zero-order valence-electron chi connectivity index (χ0n) is 18.9. The van der Waals surface area contributed by atoms with Crippen LogP contribution in [0.5, 0.6) is 0 Å². The summed E-state index contributed by atoms with van der Waals surface area (Å²) < 4.78 is 4.99. The number of anilines is 1. The maximum absolute atomic E-state index is 13.1. The van der Waals surface area contributed by atoms with E-state index in [-0.39, 0.29) is 18.2 Å². The minimum atomic E-state index is -0.427. The van der Waals surface area contributed by atoms with Gasteiger partial charge < -0.3 is 4.74 Å². The highest BCUT2D eigenvalue weighted by Gasteiger charge is 2.43. The van der Waals surface area contributed by atoms with Crippen LogP contribution in [0.1, 0.15) is 29.3 Å². The molecule has 0 N–H and O–H groups in total. The van der Waals surface area contributed by atoms with E-state index in [9.17, 15) is 14.4 Å². The number of amides is 2. The van der Waals surface area contributed by atoms with Crippen LogP contribution in [0.3, 0.4) is 0 Å². The molecule has 33 heavy (non-hydrogen) atoms. The smallest absolute Gasteiger partial charge is 0.338 e. The second-order valence-electron chi connectivity index (χ2n) is 8.20. The topological polar surface area (TPSA) is 70.2 Å². The summed E-state index contributed by atoms with van der Waals surface area (Å²) in [6.45, 7) is 6.10. The van der Waals surface area contributed by atoms with Crippen LogP contribution in [0.25, 0.3) is 6.08 Å². The van der Waals surface area contributed by atoms with Crippen molar-refractivity contribution in [3.8, 4) is 0 Å². The van der Waals surface area contributed by atoms with Gasteiger partial charge in [-0.3, -0.25) is 19.4 Å². The minimum absolute atomic E-state index is 0.187. The Morgan fingerprint density at radius 1 is 1.00 bits per heavy atom. The van der Waals surface area contributed by atoms with E-state index < -0.39 is 12.0 Å². The lowest BCUT2D eigenvalue weighted by atomic mass is 10.1. The Morgan fingerprint density at radius 3 is 2.36 bits per heavy atom. The van der Waals surface area contributed by atoms with Gasteiger partial charge >= 0.3 is 5.97 Å². The molecule has 0 spiro atoms. The molecule has 4 rings (SSSR count). The Kier molecular flexibility index (Phi) is 7.32. The van der Waals surface area contributed by atoms with Gasteiger partial charge in [-0.2, -0.15) is 0 Å². The summed E-state index contributed by atoms with van der Waals surface area (Å²) in [5.41, 5.74) is 2.07. The van der Waals surface area contributed by atoms with E-state index in [2.05, 4.69) is 34.1 Å². The summed E-state index contributed by atoms with van der Waals surface area (Å²) >= 11 is 0. The van der Waals surface area contributed by atoms with Crippen molar-refractivity contribution in [2.75, 3.05) is 44.2 Å². The van der Waals surface area contributed by atoms with Crippen molar-refractivity contribution < 1.29 is 19.1 Å². The highest BCUT2D eigenvalue weighted by molar-refractivity contribution is 6.22. The number of carbonyl (C=O) groups excluding carboxylic acids is 3. The van der Waals surface area contributed by atoms with Crippen LogP contribution in [-0.2, 0) is 14.3 Å². The molecule has 172 valence electrons. The van der Waals surface area contributed by atoms with E-state index in [1.54, 1.807) is 31.2 Å². The monoisotopic (exact) mass is 447 g/mol. The average molecular weight is 448 g/mol. The molecule has 2 fully saturated rings. The molecule has 2 heterocycles. The zero-order valence-corrected chi connectivity index (χ0v) is 18.9. The highest BCUT2D eigenvalue weighted by atomic mass is 16.5. The van der Waals surface area contributed by atoms with Gasteiger partial charge in [0, 0.05) is 32.7 Å². The molecule has 2 amide bonds. The second-order valence-corrected chi connectivity index (χ2v) is 8.20. The predicted molar refractivity (Wildman–Crippen MR) is 127 cm³/mol. The number of piperazine rings is 1. The van der Waals surface area contributed by atoms with Gasteiger partial charge in [0.2, 0.25) is 5.91 Å². The van der Waals surface area contributed by atoms with Crippen molar-refractivity contribution in [3.05, 3.63) is 71.8 Å². The number of carbonyl (C=O) groups is 3. The fraction of sp³-hybridized carbons (Fsp3) is 0.346. The number of rotatable bonds is 7. The molecule has 0 aromatic heterocycles. The lowest BCUT2D eigenvalue weighted by Gasteiger charge is -2.36. The van der Waals surface area contributed by atoms with Gasteiger partial charge in [-0.25, -0.2) is 9.69 Å². The summed E-state index contributed by atoms with van der Waals surface area (Å²) in [6, 6.07) is 16.2. The number of hydrogen-bond acceptors (Lipinski definition) is 6. The van der Waals surface area contributed by atoms with E-state index in [1.165, 1.54) is 10.5 Å². The van der Waals surface area contributed by atoms with Crippen molar-refractivity contribution in [1.29, 1.82) is 0 Å². The van der Waals surface area contributed by atoms with Crippen LogP contribution >= 0.6 is 0 Å². The van der Waals surface area contributed by atoms with Crippen molar-refractivity contribution in [3.63, 3.8) is 0 Å². The van der Waals surface area contributed by atoms with E-state index >= 15 is 0 Å². The number of esters is 1. The highest BCUT2D eigenvalue weighted by Crippen LogP contribution is 2.27. The van der Waals surface area contributed by atoms with Gasteiger partial charge in [0.15, 0.2) is 0 Å². The average Bonchev–Trinajstić information content (AvgIpc) is 3.14. The molecular formula is C26H29N3O4. The first kappa shape index (κ1) is 22.9. The molecule has 7 nitrogen and oxygen atoms in total. The third kappa shape index (κ3) is 5.38. The Balaban J connectivity index is 1.32. The normalized spacial score (nSPS) is 20.0. The third-order valence-electron chi connectivity index (χ3n) is 6.08. The minimum Gasteiger partial charge on any atom is -0.462 e. The van der Waals surface area contributed by atoms with Crippen molar-refractivity contribution in [2.45, 2.75) is 19.4 Å². The molecule has 2 aliphatic heterocycles. The summed E-state index contributed by atoms with van der Waals surface area (Å²) in [6.07, 6.45) is 4.47. The largest absolute Gasteiger partial charge is 0.462 e. The van der Waals surface area contributed by atoms with Crippen molar-refractivity contribution in [1.82, 2.24) is 9.80 Å². The molecule has 0 saturated carbocycles. The van der Waals surface area contributed by atoms with Gasteiger partial charge in [0.1, 0.15) is 0 Å². The van der Waals surface area contributed by atoms with Crippen LogP contribution in [0.15, 0.2) is 60.7 Å². The molecule has 2 aromatic carbocycles. The summed E-state index contributed by atoms with van der Waals surface area (Å²) in [4.78, 5) is 43.3. The summed E-state index contributed by atoms with van der Waals surface area (Å²) in [5, 5.41) is 0. The Labute approximate surface area is 194 Å². The predicted octanol–water partition coefficient (Wildman–Crippen LogP) is 2.83. The van der Waals surface area contributed by atoms with E-state index in [4.69, 9.17) is 4.74 Å². The SMILES string of the molecule is CCOC(=O)c1ccc(N2C(=O)C[C@H](N3CCN(C/C=C/c4ccccc4)CC3)C2=O)cc1. The molecule has 1 atom stereocenters. The molecule has 0 aliphatic carbocycles. The number of nitrogens with zero attached hydrogens (tertiary/aromatic N) is 3. The van der Waals surface area contributed by atoms with Crippen LogP contribution in [0.4, 0.5) is 5.69 Å². The Hall–Kier alpha value is -3.29. The molecule has 2 aliphatic rings. The van der Waals surface area contributed by atoms with Crippen molar-refractivity contribution in [2.24, 2.45) is 0 Å². The van der Waals surface area contributed by atoms with Gasteiger partial charge in [-0.05, 0) is 36.8 Å². The first-order chi connectivity index (χ1) is 16.1. The zero-order chi connectivity index (χ0) is 23.2. The maximum Gasteiger partial charge on any atom is 0.338 e. The third-order valence-corrected chi connectivity index (χ3v) is 6.08. The number of benzene rings is 2. The molecule has 2 aromatic rings. The lowest BCUT2D eigenvalue weighted by molar-refractivity contribution is -0.123. The maximum atomic E-state index is 13.1. The quantitative estimate of drug-likeness (QED) is 0.480. The van der Waals surface area contributed by atoms with Crippen LogP contribution < -0.4 is 4.90 Å². The van der Waals surface area contributed by atoms with Gasteiger partial charge in [0.05, 0.1) is 30.3 Å². The first-order valence-electron chi connectivity index (χ1n) is 11.4. The van der Waals surface area contributed by atoms with Crippen molar-refractivity contribution >= 4 is 29.5 Å². The van der Waals surface area contributed by atoms with Gasteiger partial charge in [-0.15, -0.1) is 0 Å². The molecule has 0 unspecified atom stereocenters. The van der Waals surface area contributed by atoms with Crippen LogP contribution in [-0.4, -0.2) is 73.0 Å². The summed E-state index contributed by atoms with van der Waals surface area (Å²) in [5.74, 6) is -0.819. The van der Waals surface area contributed by atoms with Crippen LogP contribution in [0, 0.1) is 0 Å². The molecule has 0 radical (unpaired) electrons. The fourth-order valence-electron chi connectivity index (χ4n) is 4.29. The fourth-order valence-corrected chi connectivity index (χ4v) is 4.29. The second kappa shape index (κ2) is 10.6. The molecular weight excluding hydrogens is 418 g/mol. The van der Waals surface area contributed by atoms with E-state index in [0.29, 0.717) is 17.9 Å². The number of ether oxygens (including phenoxy) is 1. The Bertz CT molecular complexity index is 1010. The van der Waals surface area contributed by atoms with Gasteiger partial charge in [-0.1, -0.05) is 42.5 Å². The van der Waals surface area contributed by atoms with E-state index in [1.807, 2.05) is 18.2 Å².